The van der Waals surface area contributed by atoms with Crippen LogP contribution in [-0.4, -0.2) is 41.0 Å². The minimum absolute atomic E-state index is 0.115. The van der Waals surface area contributed by atoms with Crippen LogP contribution in [0.2, 0.25) is 0 Å². The van der Waals surface area contributed by atoms with Gasteiger partial charge in [0, 0.05) is 6.54 Å². The number of thiocarbonyl (C=S) groups is 1. The molecule has 1 N–H and O–H groups in total. The molecule has 0 spiro atoms. The fraction of sp³-hybridized carbons (Fsp3) is 0.800. The largest absolute Gasteiger partial charge is 0.353 e. The van der Waals surface area contributed by atoms with Crippen LogP contribution in [0.25, 0.3) is 0 Å². The molecule has 0 aromatic carbocycles. The van der Waals surface area contributed by atoms with Gasteiger partial charge >= 0.3 is 0 Å². The maximum atomic E-state index is 11.3. The number of nitrogens with zero attached hydrogens (tertiary/aromatic N) is 1. The van der Waals surface area contributed by atoms with Crippen LogP contribution < -0.4 is 5.32 Å². The standard InChI is InChI=1S/C10H18N2OS2/c1-15-7-5-3-2-4-6-12-9(13)8-11-10(12)14/h2-8H2,1H3,(H,11,14). The molecule has 3 nitrogen and oxygen atoms in total. The smallest absolute Gasteiger partial charge is 0.248 e. The summed E-state index contributed by atoms with van der Waals surface area (Å²) in [6.45, 7) is 1.16. The molecule has 1 rings (SSSR count). The minimum atomic E-state index is 0.115. The third kappa shape index (κ3) is 4.38. The van der Waals surface area contributed by atoms with Gasteiger partial charge in [-0.3, -0.25) is 9.69 Å². The molecule has 1 saturated heterocycles. The Balaban J connectivity index is 2.04. The maximum absolute atomic E-state index is 11.3. The maximum Gasteiger partial charge on any atom is 0.248 e. The normalized spacial score (nSPS) is 15.9. The summed E-state index contributed by atoms with van der Waals surface area (Å²) in [5.74, 6) is 1.35. The summed E-state index contributed by atoms with van der Waals surface area (Å²) in [6.07, 6.45) is 6.91. The summed E-state index contributed by atoms with van der Waals surface area (Å²) >= 11 is 6.92. The first-order valence-electron chi connectivity index (χ1n) is 5.33. The number of unbranched alkanes of at least 4 members (excludes halogenated alkanes) is 3. The van der Waals surface area contributed by atoms with Gasteiger partial charge < -0.3 is 5.32 Å². The van der Waals surface area contributed by atoms with Gasteiger partial charge in [0.25, 0.3) is 0 Å². The van der Waals surface area contributed by atoms with Crippen molar-refractivity contribution in [1.29, 1.82) is 0 Å². The Kier molecular flexibility index (Phi) is 6.02. The lowest BCUT2D eigenvalue weighted by Gasteiger charge is -2.13. The number of thioether (sulfide) groups is 1. The zero-order chi connectivity index (χ0) is 11.1. The van der Waals surface area contributed by atoms with Gasteiger partial charge in [-0.2, -0.15) is 11.8 Å². The van der Waals surface area contributed by atoms with E-state index >= 15 is 0 Å². The van der Waals surface area contributed by atoms with E-state index in [0.29, 0.717) is 11.7 Å². The molecule has 0 saturated carbocycles. The Labute approximate surface area is 101 Å². The molecule has 0 aromatic rings. The number of carbonyl (C=O) groups is 1. The SMILES string of the molecule is CSCCCCCCN1C(=O)CNC1=S. The van der Waals surface area contributed by atoms with Crippen molar-refractivity contribution in [1.82, 2.24) is 10.2 Å². The summed E-state index contributed by atoms with van der Waals surface area (Å²) in [7, 11) is 0. The molecule has 1 aliphatic heterocycles. The van der Waals surface area contributed by atoms with E-state index in [0.717, 1.165) is 13.0 Å². The van der Waals surface area contributed by atoms with Gasteiger partial charge in [0.2, 0.25) is 5.91 Å². The van der Waals surface area contributed by atoms with E-state index in [9.17, 15) is 4.79 Å². The molecule has 15 heavy (non-hydrogen) atoms. The molecule has 1 aliphatic rings. The van der Waals surface area contributed by atoms with Crippen molar-refractivity contribution in [2.75, 3.05) is 25.1 Å². The Morgan fingerprint density at radius 3 is 2.73 bits per heavy atom. The molecule has 0 unspecified atom stereocenters. The zero-order valence-corrected chi connectivity index (χ0v) is 10.8. The number of nitrogens with one attached hydrogen (secondary N) is 1. The van der Waals surface area contributed by atoms with Gasteiger partial charge in [-0.15, -0.1) is 0 Å². The van der Waals surface area contributed by atoms with Crippen LogP contribution in [0.15, 0.2) is 0 Å². The van der Waals surface area contributed by atoms with Crippen LogP contribution in [0.1, 0.15) is 25.7 Å². The van der Waals surface area contributed by atoms with Gasteiger partial charge in [0.1, 0.15) is 0 Å². The molecule has 5 heteroatoms. The number of rotatable bonds is 7. The summed E-state index contributed by atoms with van der Waals surface area (Å²) in [5, 5.41) is 3.49. The third-order valence-electron chi connectivity index (χ3n) is 2.42. The van der Waals surface area contributed by atoms with Crippen molar-refractivity contribution >= 4 is 35.0 Å². The number of carbonyl (C=O) groups excluding carboxylic acids is 1. The second-order valence-corrected chi connectivity index (χ2v) is 4.98. The number of hydrogen-bond acceptors (Lipinski definition) is 3. The number of hydrogen-bond donors (Lipinski definition) is 1. The van der Waals surface area contributed by atoms with E-state index in [2.05, 4.69) is 11.6 Å². The first-order chi connectivity index (χ1) is 7.25. The topological polar surface area (TPSA) is 32.3 Å². The molecule has 0 atom stereocenters. The highest BCUT2D eigenvalue weighted by Gasteiger charge is 2.23. The Morgan fingerprint density at radius 1 is 1.40 bits per heavy atom. The van der Waals surface area contributed by atoms with Crippen molar-refractivity contribution in [3.63, 3.8) is 0 Å². The molecular formula is C10H18N2OS2. The lowest BCUT2D eigenvalue weighted by Crippen LogP contribution is -2.31. The Bertz CT molecular complexity index is 217. The molecule has 0 radical (unpaired) electrons. The van der Waals surface area contributed by atoms with Crippen LogP contribution >= 0.6 is 24.0 Å². The van der Waals surface area contributed by atoms with Crippen LogP contribution in [0, 0.1) is 0 Å². The summed E-state index contributed by atoms with van der Waals surface area (Å²) in [5.41, 5.74) is 0. The van der Waals surface area contributed by atoms with Gasteiger partial charge in [-0.25, -0.2) is 0 Å². The van der Waals surface area contributed by atoms with Crippen molar-refractivity contribution < 1.29 is 4.79 Å². The molecular weight excluding hydrogens is 228 g/mol. The highest BCUT2D eigenvalue weighted by molar-refractivity contribution is 7.98. The monoisotopic (exact) mass is 246 g/mol. The van der Waals surface area contributed by atoms with Crippen molar-refractivity contribution in [2.24, 2.45) is 0 Å². The number of amides is 1. The molecule has 1 heterocycles. The predicted molar refractivity (Wildman–Crippen MR) is 69.2 cm³/mol. The summed E-state index contributed by atoms with van der Waals surface area (Å²) < 4.78 is 0. The average molecular weight is 246 g/mol. The van der Waals surface area contributed by atoms with Crippen LogP contribution in [0.5, 0.6) is 0 Å². The average Bonchev–Trinajstić information content (AvgIpc) is 2.54. The quantitative estimate of drug-likeness (QED) is 0.546. The van der Waals surface area contributed by atoms with E-state index in [4.69, 9.17) is 12.2 Å². The Hall–Kier alpha value is -0.290. The van der Waals surface area contributed by atoms with Crippen molar-refractivity contribution in [3.8, 4) is 0 Å². The minimum Gasteiger partial charge on any atom is -0.353 e. The molecule has 0 aromatic heterocycles. The van der Waals surface area contributed by atoms with Crippen molar-refractivity contribution in [3.05, 3.63) is 0 Å². The summed E-state index contributed by atoms with van der Waals surface area (Å²) in [4.78, 5) is 13.0. The van der Waals surface area contributed by atoms with Gasteiger partial charge in [-0.1, -0.05) is 12.8 Å². The first-order valence-corrected chi connectivity index (χ1v) is 7.13. The molecule has 1 amide bonds. The molecule has 0 aliphatic carbocycles. The first kappa shape index (κ1) is 12.8. The third-order valence-corrected chi connectivity index (χ3v) is 3.48. The van der Waals surface area contributed by atoms with Crippen LogP contribution in [0.3, 0.4) is 0 Å². The Morgan fingerprint density at radius 2 is 2.13 bits per heavy atom. The second-order valence-electron chi connectivity index (χ2n) is 3.61. The van der Waals surface area contributed by atoms with Crippen LogP contribution in [0.4, 0.5) is 0 Å². The molecule has 0 bridgehead atoms. The molecule has 1 fully saturated rings. The van der Waals surface area contributed by atoms with E-state index in [1.54, 1.807) is 4.90 Å². The fourth-order valence-electron chi connectivity index (χ4n) is 1.55. The summed E-state index contributed by atoms with van der Waals surface area (Å²) in [6, 6.07) is 0. The lowest BCUT2D eigenvalue weighted by atomic mass is 10.2. The highest BCUT2D eigenvalue weighted by Crippen LogP contribution is 2.07. The van der Waals surface area contributed by atoms with Crippen LogP contribution in [-0.2, 0) is 4.79 Å². The van der Waals surface area contributed by atoms with Gasteiger partial charge in [-0.05, 0) is 37.1 Å². The van der Waals surface area contributed by atoms with Gasteiger partial charge in [0.05, 0.1) is 6.54 Å². The van der Waals surface area contributed by atoms with Gasteiger partial charge in [0.15, 0.2) is 5.11 Å². The molecule has 86 valence electrons. The predicted octanol–water partition coefficient (Wildman–Crippen LogP) is 1.63. The van der Waals surface area contributed by atoms with E-state index in [1.807, 2.05) is 11.8 Å². The fourth-order valence-corrected chi connectivity index (χ4v) is 2.31. The highest BCUT2D eigenvalue weighted by atomic mass is 32.2. The zero-order valence-electron chi connectivity index (χ0n) is 9.12. The lowest BCUT2D eigenvalue weighted by molar-refractivity contribution is -0.124. The second kappa shape index (κ2) is 7.06. The van der Waals surface area contributed by atoms with E-state index < -0.39 is 0 Å². The van der Waals surface area contributed by atoms with E-state index in [1.165, 1.54) is 25.0 Å². The van der Waals surface area contributed by atoms with E-state index in [-0.39, 0.29) is 5.91 Å². The van der Waals surface area contributed by atoms with Crippen molar-refractivity contribution in [2.45, 2.75) is 25.7 Å².